The predicted molar refractivity (Wildman–Crippen MR) is 68.0 cm³/mol. The Morgan fingerprint density at radius 2 is 1.84 bits per heavy atom. The van der Waals surface area contributed by atoms with Gasteiger partial charge in [0.1, 0.15) is 0 Å². The summed E-state index contributed by atoms with van der Waals surface area (Å²) in [6, 6.07) is 7.76. The summed E-state index contributed by atoms with van der Waals surface area (Å²) >= 11 is 0. The lowest BCUT2D eigenvalue weighted by Gasteiger charge is -2.08. The van der Waals surface area contributed by atoms with Gasteiger partial charge in [0.05, 0.1) is 6.42 Å². The van der Waals surface area contributed by atoms with Crippen molar-refractivity contribution in [2.24, 2.45) is 0 Å². The molecule has 7 nitrogen and oxygen atoms in total. The maximum atomic E-state index is 11.7. The van der Waals surface area contributed by atoms with Gasteiger partial charge >= 0.3 is 12.1 Å². The highest BCUT2D eigenvalue weighted by molar-refractivity contribution is 5.98. The molecule has 19 heavy (non-hydrogen) atoms. The van der Waals surface area contributed by atoms with Crippen LogP contribution in [0.5, 0.6) is 0 Å². The lowest BCUT2D eigenvalue weighted by molar-refractivity contribution is -0.119. The smallest absolute Gasteiger partial charge is 0.313 e. The molecule has 2 rings (SSSR count). The number of hydrogen-bond donors (Lipinski definition) is 4. The normalized spacial score (nSPS) is 14.6. The average molecular weight is 260 g/mol. The number of anilines is 1. The van der Waals surface area contributed by atoms with Crippen LogP contribution in [0.2, 0.25) is 0 Å². The van der Waals surface area contributed by atoms with E-state index in [0.717, 1.165) is 0 Å². The summed E-state index contributed by atoms with van der Waals surface area (Å²) in [7, 11) is 0. The van der Waals surface area contributed by atoms with Crippen molar-refractivity contribution in [3.8, 4) is 0 Å². The van der Waals surface area contributed by atoms with Crippen molar-refractivity contribution in [3.05, 3.63) is 42.2 Å². The zero-order chi connectivity index (χ0) is 13.7. The fourth-order valence-corrected chi connectivity index (χ4v) is 1.49. The topological polar surface area (TPSA) is 99.3 Å². The van der Waals surface area contributed by atoms with Crippen molar-refractivity contribution in [2.45, 2.75) is 6.42 Å². The van der Waals surface area contributed by atoms with E-state index < -0.39 is 18.0 Å². The minimum atomic E-state index is -0.620. The number of amides is 5. The predicted octanol–water partition coefficient (Wildman–Crippen LogP) is 0.879. The molecule has 0 saturated heterocycles. The Labute approximate surface area is 109 Å². The van der Waals surface area contributed by atoms with E-state index >= 15 is 0 Å². The first kappa shape index (κ1) is 12.6. The van der Waals surface area contributed by atoms with E-state index in [1.165, 1.54) is 6.20 Å². The summed E-state index contributed by atoms with van der Waals surface area (Å²) < 4.78 is 0. The van der Waals surface area contributed by atoms with Crippen molar-refractivity contribution in [2.75, 3.05) is 5.32 Å². The number of carbonyl (C=O) groups is 3. The first-order chi connectivity index (χ1) is 9.13. The molecule has 0 spiro atoms. The molecule has 0 aromatic heterocycles. The Kier molecular flexibility index (Phi) is 3.77. The second-order valence-corrected chi connectivity index (χ2v) is 3.81. The summed E-state index contributed by atoms with van der Waals surface area (Å²) in [5, 5.41) is 9.49. The summed E-state index contributed by atoms with van der Waals surface area (Å²) in [4.78, 5) is 33.9. The highest BCUT2D eigenvalue weighted by Gasteiger charge is 2.15. The minimum Gasteiger partial charge on any atom is -0.313 e. The number of imide groups is 1. The van der Waals surface area contributed by atoms with Gasteiger partial charge in [-0.25, -0.2) is 9.59 Å². The van der Waals surface area contributed by atoms with Crippen molar-refractivity contribution in [3.63, 3.8) is 0 Å². The van der Waals surface area contributed by atoms with E-state index in [-0.39, 0.29) is 6.42 Å². The van der Waals surface area contributed by atoms with E-state index in [2.05, 4.69) is 21.3 Å². The monoisotopic (exact) mass is 260 g/mol. The number of benzene rings is 1. The molecular weight excluding hydrogens is 248 g/mol. The van der Waals surface area contributed by atoms with Crippen LogP contribution in [0.4, 0.5) is 15.3 Å². The standard InChI is InChI=1S/C12H12N4O3/c17-10-6-9(7-13-11(18)16-10)15-12(19)14-8-4-2-1-3-5-8/h1-5,7H,6H2,(H2,14,15,19)(H2,13,16,17,18). The molecule has 1 aromatic carbocycles. The van der Waals surface area contributed by atoms with Crippen LogP contribution in [0.15, 0.2) is 42.2 Å². The average Bonchev–Trinajstić information content (AvgIpc) is 2.51. The van der Waals surface area contributed by atoms with Gasteiger partial charge in [-0.1, -0.05) is 18.2 Å². The Bertz CT molecular complexity index is 539. The fourth-order valence-electron chi connectivity index (χ4n) is 1.49. The van der Waals surface area contributed by atoms with E-state index in [4.69, 9.17) is 0 Å². The largest absolute Gasteiger partial charge is 0.325 e. The molecule has 7 heteroatoms. The Hall–Kier alpha value is -2.83. The van der Waals surface area contributed by atoms with Crippen LogP contribution in [0.25, 0.3) is 0 Å². The third kappa shape index (κ3) is 3.84. The molecule has 98 valence electrons. The highest BCUT2D eigenvalue weighted by Crippen LogP contribution is 2.05. The van der Waals surface area contributed by atoms with Crippen LogP contribution in [-0.2, 0) is 4.79 Å². The molecule has 1 aliphatic rings. The third-order valence-electron chi connectivity index (χ3n) is 2.29. The first-order valence-electron chi connectivity index (χ1n) is 5.56. The van der Waals surface area contributed by atoms with Gasteiger partial charge in [0.15, 0.2) is 0 Å². The Morgan fingerprint density at radius 3 is 2.58 bits per heavy atom. The van der Waals surface area contributed by atoms with Gasteiger partial charge in [-0.05, 0) is 12.1 Å². The van der Waals surface area contributed by atoms with Crippen molar-refractivity contribution in [1.29, 1.82) is 0 Å². The lowest BCUT2D eigenvalue weighted by Crippen LogP contribution is -2.34. The van der Waals surface area contributed by atoms with Crippen LogP contribution in [-0.4, -0.2) is 18.0 Å². The second-order valence-electron chi connectivity index (χ2n) is 3.81. The molecule has 1 heterocycles. The molecule has 0 bridgehead atoms. The molecule has 0 fully saturated rings. The number of para-hydroxylation sites is 1. The van der Waals surface area contributed by atoms with Crippen LogP contribution in [0.1, 0.15) is 6.42 Å². The lowest BCUT2D eigenvalue weighted by atomic mass is 10.3. The van der Waals surface area contributed by atoms with E-state index in [1.807, 2.05) is 6.07 Å². The number of hydrogen-bond acceptors (Lipinski definition) is 3. The molecule has 5 amide bonds. The molecule has 4 N–H and O–H groups in total. The second kappa shape index (κ2) is 5.67. The van der Waals surface area contributed by atoms with Crippen LogP contribution < -0.4 is 21.3 Å². The zero-order valence-corrected chi connectivity index (χ0v) is 9.90. The van der Waals surface area contributed by atoms with Gasteiger partial charge in [-0.3, -0.25) is 10.1 Å². The van der Waals surface area contributed by atoms with Gasteiger partial charge in [0.25, 0.3) is 0 Å². The van der Waals surface area contributed by atoms with E-state index in [1.54, 1.807) is 24.3 Å². The van der Waals surface area contributed by atoms with Crippen LogP contribution in [0.3, 0.4) is 0 Å². The van der Waals surface area contributed by atoms with E-state index in [0.29, 0.717) is 11.4 Å². The van der Waals surface area contributed by atoms with Crippen molar-refractivity contribution in [1.82, 2.24) is 16.0 Å². The molecule has 0 atom stereocenters. The molecule has 0 radical (unpaired) electrons. The van der Waals surface area contributed by atoms with Crippen LogP contribution in [0, 0.1) is 0 Å². The van der Waals surface area contributed by atoms with Gasteiger partial charge in [-0.2, -0.15) is 0 Å². The molecule has 1 aromatic rings. The number of rotatable bonds is 2. The third-order valence-corrected chi connectivity index (χ3v) is 2.29. The summed E-state index contributed by atoms with van der Waals surface area (Å²) in [5.74, 6) is -0.485. The van der Waals surface area contributed by atoms with Crippen molar-refractivity contribution >= 4 is 23.7 Å². The Balaban J connectivity index is 1.95. The SMILES string of the molecule is O=C1CC(NC(=O)Nc2ccccc2)=CNC(=O)N1. The first-order valence-corrected chi connectivity index (χ1v) is 5.56. The van der Waals surface area contributed by atoms with Crippen LogP contribution >= 0.6 is 0 Å². The molecule has 0 unspecified atom stereocenters. The highest BCUT2D eigenvalue weighted by atomic mass is 16.2. The van der Waals surface area contributed by atoms with Crippen molar-refractivity contribution < 1.29 is 14.4 Å². The molecule has 0 aliphatic carbocycles. The quantitative estimate of drug-likeness (QED) is 0.635. The van der Waals surface area contributed by atoms with Gasteiger partial charge < -0.3 is 16.0 Å². The van der Waals surface area contributed by atoms with E-state index in [9.17, 15) is 14.4 Å². The van der Waals surface area contributed by atoms with Gasteiger partial charge in [0, 0.05) is 17.6 Å². The minimum absolute atomic E-state index is 0.0824. The molecule has 1 aliphatic heterocycles. The summed E-state index contributed by atoms with van der Waals surface area (Å²) in [6.07, 6.45) is 1.20. The van der Waals surface area contributed by atoms with Gasteiger partial charge in [-0.15, -0.1) is 0 Å². The zero-order valence-electron chi connectivity index (χ0n) is 9.90. The van der Waals surface area contributed by atoms with Gasteiger partial charge in [0.2, 0.25) is 5.91 Å². The number of carbonyl (C=O) groups excluding carboxylic acids is 3. The summed E-state index contributed by atoms with van der Waals surface area (Å²) in [5.41, 5.74) is 0.930. The molecular formula is C12H12N4O3. The maximum Gasteiger partial charge on any atom is 0.325 e. The number of nitrogens with one attached hydrogen (secondary N) is 4. The molecule has 0 saturated carbocycles. The Morgan fingerprint density at radius 1 is 1.11 bits per heavy atom. The summed E-state index contributed by atoms with van der Waals surface area (Å²) in [6.45, 7) is 0. The number of urea groups is 2. The fraction of sp³-hybridized carbons (Fsp3) is 0.0833. The maximum absolute atomic E-state index is 11.7.